The Morgan fingerprint density at radius 1 is 0.512 bits per heavy atom. The van der Waals surface area contributed by atoms with E-state index in [9.17, 15) is 0 Å². The van der Waals surface area contributed by atoms with Crippen LogP contribution in [0.15, 0.2) is 250 Å². The third kappa shape index (κ3) is 9.87. The second-order valence-corrected chi connectivity index (χ2v) is 22.8. The summed E-state index contributed by atoms with van der Waals surface area (Å²) in [5.74, 6) is 1.40. The zero-order valence-electron chi connectivity index (χ0n) is 46.7. The van der Waals surface area contributed by atoms with Crippen LogP contribution in [0, 0.1) is 5.92 Å². The molecule has 0 spiro atoms. The van der Waals surface area contributed by atoms with Gasteiger partial charge in [-0.1, -0.05) is 224 Å². The summed E-state index contributed by atoms with van der Waals surface area (Å²) >= 11 is 0. The molecule has 1 heterocycles. The van der Waals surface area contributed by atoms with Gasteiger partial charge in [-0.05, 0) is 176 Å². The van der Waals surface area contributed by atoms with Gasteiger partial charge >= 0.3 is 0 Å². The highest BCUT2D eigenvalue weighted by atomic mass is 16.5. The Morgan fingerprint density at radius 2 is 1.05 bits per heavy atom. The molecule has 80 heavy (non-hydrogen) atoms. The first-order valence-electron chi connectivity index (χ1n) is 28.7. The van der Waals surface area contributed by atoms with Crippen molar-refractivity contribution < 1.29 is 4.74 Å². The van der Waals surface area contributed by atoms with Crippen LogP contribution in [0.25, 0.3) is 73.0 Å². The molecular formula is C77H70N2O. The minimum Gasteiger partial charge on any atom is -0.493 e. The molecule has 0 radical (unpaired) electrons. The Bertz CT molecular complexity index is 3980. The van der Waals surface area contributed by atoms with Gasteiger partial charge in [0.15, 0.2) is 0 Å². The lowest BCUT2D eigenvalue weighted by Gasteiger charge is -2.34. The van der Waals surface area contributed by atoms with Gasteiger partial charge in [0.25, 0.3) is 0 Å². The molecule has 10 aromatic carbocycles. The third-order valence-corrected chi connectivity index (χ3v) is 17.0. The van der Waals surface area contributed by atoms with Crippen molar-refractivity contribution in [3.8, 4) is 44.8 Å². The van der Waals surface area contributed by atoms with Gasteiger partial charge in [0.1, 0.15) is 5.75 Å². The topological polar surface area (TPSA) is 17.4 Å². The summed E-state index contributed by atoms with van der Waals surface area (Å²) in [6, 6.07) is 87.7. The summed E-state index contributed by atoms with van der Waals surface area (Å²) < 4.78 is 8.75. The van der Waals surface area contributed by atoms with Crippen LogP contribution in [0.2, 0.25) is 0 Å². The third-order valence-electron chi connectivity index (χ3n) is 17.0. The lowest BCUT2D eigenvalue weighted by molar-refractivity contribution is 0.232. The molecule has 0 saturated heterocycles. The number of benzene rings is 10. The number of rotatable bonds is 18. The van der Waals surface area contributed by atoms with Crippen molar-refractivity contribution in [1.82, 2.24) is 4.57 Å². The molecule has 3 heteroatoms. The minimum atomic E-state index is -0.324. The van der Waals surface area contributed by atoms with E-state index < -0.39 is 0 Å². The number of unbranched alkanes of at least 4 members (excludes halogenated alkanes) is 1. The molecule has 0 N–H and O–H groups in total. The zero-order chi connectivity index (χ0) is 54.8. The van der Waals surface area contributed by atoms with Gasteiger partial charge in [-0.2, -0.15) is 0 Å². The first-order valence-corrected chi connectivity index (χ1v) is 28.7. The molecule has 2 atom stereocenters. The highest BCUT2D eigenvalue weighted by Gasteiger charge is 2.44. The van der Waals surface area contributed by atoms with Crippen LogP contribution in [0.5, 0.6) is 5.75 Å². The van der Waals surface area contributed by atoms with E-state index in [1.54, 1.807) is 0 Å². The van der Waals surface area contributed by atoms with Crippen molar-refractivity contribution in [1.29, 1.82) is 0 Å². The van der Waals surface area contributed by atoms with Crippen LogP contribution in [0.1, 0.15) is 93.2 Å². The summed E-state index contributed by atoms with van der Waals surface area (Å²) in [4.78, 5) is 2.43. The van der Waals surface area contributed by atoms with E-state index in [0.29, 0.717) is 5.92 Å². The number of hydrogen-bond donors (Lipinski definition) is 0. The molecule has 0 saturated carbocycles. The summed E-state index contributed by atoms with van der Waals surface area (Å²) in [5.41, 5.74) is 21.7. The maximum atomic E-state index is 6.34. The maximum absolute atomic E-state index is 6.34. The standard InChI is InChI=1S/C77H70N2O/c1-7-54-27-39-65(40-28-54)79-74-47-35-59(57-31-37-61(38-32-57)76(4,5)6)50-70(74)71-51-60(36-48-75(71)79)58-33-41-64(42-34-58)78(63-23-14-11-15-24-63)66-43-46-69-68-25-16-17-26-72(68)77(73(69)52-66,62-21-12-10-13-22-62)49-19-18-20-56(9-3)53-80-67-44-29-55(8-2)30-45-67/h7-8,10-17,21-48,50-52,56H,1-2,9,18-20,49,53H2,3-6H3. The summed E-state index contributed by atoms with van der Waals surface area (Å²) in [5, 5.41) is 2.45. The molecule has 0 fully saturated rings. The first kappa shape index (κ1) is 51.8. The van der Waals surface area contributed by atoms with E-state index in [0.717, 1.165) is 78.3 Å². The SMILES string of the molecule is C=Cc1ccc(OCC(CC)CCCCC2(c3ccccc3)c3ccccc3-c3ccc(N(c4ccccc4)c4ccc(-c5ccc6c(c5)c5cc(-c7ccc(C(C)(C)C)cc7)ccc5n6-c5ccc(C=C)cc5)cc4)cc32)cc1. The lowest BCUT2D eigenvalue weighted by atomic mass is 9.69. The normalized spacial score (nSPS) is 14.2. The summed E-state index contributed by atoms with van der Waals surface area (Å²) in [6.07, 6.45) is 9.19. The fraction of sp³-hybridized carbons (Fsp3) is 0.169. The number of ether oxygens (including phenoxy) is 1. The van der Waals surface area contributed by atoms with Gasteiger partial charge < -0.3 is 14.2 Å². The maximum Gasteiger partial charge on any atom is 0.119 e. The highest BCUT2D eigenvalue weighted by molar-refractivity contribution is 6.11. The Balaban J connectivity index is 0.895. The van der Waals surface area contributed by atoms with Crippen molar-refractivity contribution in [3.63, 3.8) is 0 Å². The average Bonchev–Trinajstić information content (AvgIpc) is 4.23. The van der Waals surface area contributed by atoms with Crippen LogP contribution >= 0.6 is 0 Å². The highest BCUT2D eigenvalue weighted by Crippen LogP contribution is 2.56. The van der Waals surface area contributed by atoms with E-state index >= 15 is 0 Å². The van der Waals surface area contributed by atoms with E-state index in [4.69, 9.17) is 4.74 Å². The molecule has 394 valence electrons. The first-order chi connectivity index (χ1) is 39.1. The lowest BCUT2D eigenvalue weighted by Crippen LogP contribution is -2.27. The van der Waals surface area contributed by atoms with Crippen molar-refractivity contribution >= 4 is 51.0 Å². The second kappa shape index (κ2) is 22.1. The number of hydrogen-bond acceptors (Lipinski definition) is 2. The van der Waals surface area contributed by atoms with Crippen LogP contribution in [-0.4, -0.2) is 11.2 Å². The Morgan fingerprint density at radius 3 is 1.66 bits per heavy atom. The van der Waals surface area contributed by atoms with Gasteiger partial charge in [-0.15, -0.1) is 0 Å². The Labute approximate surface area is 473 Å². The number of nitrogens with zero attached hydrogens (tertiary/aromatic N) is 2. The number of anilines is 3. The number of para-hydroxylation sites is 1. The zero-order valence-corrected chi connectivity index (χ0v) is 46.7. The fourth-order valence-electron chi connectivity index (χ4n) is 12.5. The Kier molecular flexibility index (Phi) is 14.3. The predicted octanol–water partition coefficient (Wildman–Crippen LogP) is 21.2. The van der Waals surface area contributed by atoms with Gasteiger partial charge in [0, 0.05) is 38.9 Å². The van der Waals surface area contributed by atoms with Crippen molar-refractivity contribution in [2.75, 3.05) is 11.5 Å². The van der Waals surface area contributed by atoms with Crippen molar-refractivity contribution in [2.24, 2.45) is 5.92 Å². The Hall–Kier alpha value is -8.92. The molecule has 12 rings (SSSR count). The van der Waals surface area contributed by atoms with E-state index in [1.165, 1.54) is 77.4 Å². The molecule has 1 aromatic heterocycles. The average molecular weight is 1040 g/mol. The number of aromatic nitrogens is 1. The van der Waals surface area contributed by atoms with E-state index in [1.807, 2.05) is 12.2 Å². The molecule has 0 amide bonds. The van der Waals surface area contributed by atoms with Gasteiger partial charge in [0.2, 0.25) is 0 Å². The van der Waals surface area contributed by atoms with Crippen molar-refractivity contribution in [2.45, 2.75) is 70.6 Å². The van der Waals surface area contributed by atoms with Gasteiger partial charge in [-0.25, -0.2) is 0 Å². The molecule has 1 aliphatic rings. The van der Waals surface area contributed by atoms with E-state index in [2.05, 4.69) is 287 Å². The molecule has 11 aromatic rings. The smallest absolute Gasteiger partial charge is 0.119 e. The molecule has 0 aliphatic heterocycles. The summed E-state index contributed by atoms with van der Waals surface area (Å²) in [6.45, 7) is 17.8. The minimum absolute atomic E-state index is 0.0901. The van der Waals surface area contributed by atoms with E-state index in [-0.39, 0.29) is 10.8 Å². The van der Waals surface area contributed by atoms with Crippen molar-refractivity contribution in [3.05, 3.63) is 283 Å². The largest absolute Gasteiger partial charge is 0.493 e. The monoisotopic (exact) mass is 1040 g/mol. The molecule has 3 nitrogen and oxygen atoms in total. The molecule has 2 unspecified atom stereocenters. The van der Waals surface area contributed by atoms with Gasteiger partial charge in [0.05, 0.1) is 17.6 Å². The summed E-state index contributed by atoms with van der Waals surface area (Å²) in [7, 11) is 0. The number of fused-ring (bicyclic) bond motifs is 6. The quantitative estimate of drug-likeness (QED) is 0.0797. The van der Waals surface area contributed by atoms with Crippen LogP contribution in [0.4, 0.5) is 17.1 Å². The predicted molar refractivity (Wildman–Crippen MR) is 341 cm³/mol. The van der Waals surface area contributed by atoms with Gasteiger partial charge in [-0.3, -0.25) is 0 Å². The molecule has 1 aliphatic carbocycles. The molecule has 0 bridgehead atoms. The fourth-order valence-corrected chi connectivity index (χ4v) is 12.5. The second-order valence-electron chi connectivity index (χ2n) is 22.8. The molecular weight excluding hydrogens is 969 g/mol. The van der Waals surface area contributed by atoms with Crippen LogP contribution in [-0.2, 0) is 10.8 Å². The van der Waals surface area contributed by atoms with Crippen LogP contribution in [0.3, 0.4) is 0 Å². The van der Waals surface area contributed by atoms with Crippen LogP contribution < -0.4 is 9.64 Å².